The molecule has 0 aliphatic carbocycles. The Morgan fingerprint density at radius 1 is 1.26 bits per heavy atom. The van der Waals surface area contributed by atoms with Crippen molar-refractivity contribution in [3.05, 3.63) is 57.8 Å². The number of nitrogens with zero attached hydrogens (tertiary/aromatic N) is 3. The summed E-state index contributed by atoms with van der Waals surface area (Å²) >= 11 is 1.55. The maximum absolute atomic E-state index is 12.4. The molecule has 10 heteroatoms. The number of hydrogen-bond acceptors (Lipinski definition) is 7. The van der Waals surface area contributed by atoms with Gasteiger partial charge in [-0.3, -0.25) is 29.4 Å². The molecule has 3 rings (SSSR count). The van der Waals surface area contributed by atoms with E-state index in [-0.39, 0.29) is 11.1 Å². The Morgan fingerprint density at radius 3 is 2.67 bits per heavy atom. The lowest BCUT2D eigenvalue weighted by molar-refractivity contribution is -0.385. The minimum atomic E-state index is -0.856. The van der Waals surface area contributed by atoms with Crippen molar-refractivity contribution in [3.8, 4) is 0 Å². The van der Waals surface area contributed by atoms with E-state index in [1.807, 2.05) is 6.92 Å². The Bertz CT molecular complexity index is 945. The molecule has 3 amide bonds. The summed E-state index contributed by atoms with van der Waals surface area (Å²) in [5, 5.41) is 14.5. The van der Waals surface area contributed by atoms with Crippen LogP contribution in [0, 0.1) is 10.1 Å². The highest BCUT2D eigenvalue weighted by Gasteiger charge is 2.41. The summed E-state index contributed by atoms with van der Waals surface area (Å²) < 4.78 is 0. The number of pyridine rings is 1. The normalized spacial score (nSPS) is 12.9. The van der Waals surface area contributed by atoms with Gasteiger partial charge in [-0.05, 0) is 24.0 Å². The summed E-state index contributed by atoms with van der Waals surface area (Å²) in [6, 6.07) is 7.21. The molecule has 1 aromatic heterocycles. The summed E-state index contributed by atoms with van der Waals surface area (Å²) in [4.78, 5) is 52.3. The van der Waals surface area contributed by atoms with E-state index in [0.717, 1.165) is 16.8 Å². The maximum Gasteiger partial charge on any atom is 0.282 e. The lowest BCUT2D eigenvalue weighted by Gasteiger charge is -2.13. The summed E-state index contributed by atoms with van der Waals surface area (Å²) in [5.74, 6) is -1.33. The van der Waals surface area contributed by atoms with Crippen molar-refractivity contribution in [1.29, 1.82) is 0 Å². The van der Waals surface area contributed by atoms with Gasteiger partial charge in [0.05, 0.1) is 27.4 Å². The molecule has 2 aromatic rings. The number of carbonyl (C=O) groups is 3. The predicted molar refractivity (Wildman–Crippen MR) is 97.7 cm³/mol. The molecule has 0 bridgehead atoms. The number of carbonyl (C=O) groups excluding carboxylic acids is 3. The van der Waals surface area contributed by atoms with Crippen LogP contribution in [0.2, 0.25) is 0 Å². The molecule has 1 aliphatic rings. The van der Waals surface area contributed by atoms with Gasteiger partial charge in [0.25, 0.3) is 17.5 Å². The van der Waals surface area contributed by atoms with E-state index in [0.29, 0.717) is 10.6 Å². The second-order valence-corrected chi connectivity index (χ2v) is 6.80. The van der Waals surface area contributed by atoms with Gasteiger partial charge in [-0.15, -0.1) is 11.8 Å². The fraction of sp³-hybridized carbons (Fsp3) is 0.176. The molecule has 0 saturated carbocycles. The molecular formula is C17H14N4O5S. The summed E-state index contributed by atoms with van der Waals surface area (Å²) in [6.45, 7) is 1.45. The Labute approximate surface area is 157 Å². The SMILES string of the molecule is CCSc1ccc(NC(=O)CN2C(=O)c3cccc([N+](=O)[O-])c3C2=O)cn1. The van der Waals surface area contributed by atoms with Crippen LogP contribution in [0.25, 0.3) is 0 Å². The van der Waals surface area contributed by atoms with Crippen LogP contribution in [-0.4, -0.2) is 44.8 Å². The number of benzene rings is 1. The van der Waals surface area contributed by atoms with E-state index >= 15 is 0 Å². The quantitative estimate of drug-likeness (QED) is 0.350. The van der Waals surface area contributed by atoms with Crippen LogP contribution in [0.4, 0.5) is 11.4 Å². The third-order valence-electron chi connectivity index (χ3n) is 3.79. The van der Waals surface area contributed by atoms with Crippen molar-refractivity contribution in [2.24, 2.45) is 0 Å². The molecule has 0 fully saturated rings. The number of imide groups is 1. The third kappa shape index (κ3) is 3.65. The molecule has 138 valence electrons. The van der Waals surface area contributed by atoms with Gasteiger partial charge in [0.1, 0.15) is 12.1 Å². The van der Waals surface area contributed by atoms with E-state index in [1.54, 1.807) is 23.9 Å². The fourth-order valence-electron chi connectivity index (χ4n) is 2.64. The second-order valence-electron chi connectivity index (χ2n) is 5.52. The fourth-order valence-corrected chi connectivity index (χ4v) is 3.23. The molecule has 0 unspecified atom stereocenters. The van der Waals surface area contributed by atoms with Gasteiger partial charge in [-0.2, -0.15) is 0 Å². The first-order valence-electron chi connectivity index (χ1n) is 7.94. The second kappa shape index (κ2) is 7.54. The van der Waals surface area contributed by atoms with Crippen LogP contribution >= 0.6 is 11.8 Å². The molecule has 1 aromatic carbocycles. The van der Waals surface area contributed by atoms with E-state index in [1.165, 1.54) is 18.3 Å². The molecule has 2 heterocycles. The van der Waals surface area contributed by atoms with Crippen molar-refractivity contribution < 1.29 is 19.3 Å². The highest BCUT2D eigenvalue weighted by atomic mass is 32.2. The van der Waals surface area contributed by atoms with Crippen LogP contribution in [0.5, 0.6) is 0 Å². The van der Waals surface area contributed by atoms with Crippen LogP contribution in [-0.2, 0) is 4.79 Å². The molecule has 0 atom stereocenters. The van der Waals surface area contributed by atoms with Crippen molar-refractivity contribution in [2.75, 3.05) is 17.6 Å². The minimum Gasteiger partial charge on any atom is -0.323 e. The molecule has 1 aliphatic heterocycles. The predicted octanol–water partition coefficient (Wildman–Crippen LogP) is 2.34. The number of hydrogen-bond donors (Lipinski definition) is 1. The summed E-state index contributed by atoms with van der Waals surface area (Å²) in [6.07, 6.45) is 1.48. The molecule has 27 heavy (non-hydrogen) atoms. The average Bonchev–Trinajstić information content (AvgIpc) is 2.88. The zero-order valence-corrected chi connectivity index (χ0v) is 15.0. The number of nitro benzene ring substituents is 1. The molecule has 0 spiro atoms. The Kier molecular flexibility index (Phi) is 5.17. The first kappa shape index (κ1) is 18.5. The van der Waals surface area contributed by atoms with Crippen LogP contribution in [0.15, 0.2) is 41.6 Å². The van der Waals surface area contributed by atoms with Gasteiger partial charge < -0.3 is 5.32 Å². The molecule has 0 saturated heterocycles. The number of amides is 3. The lowest BCUT2D eigenvalue weighted by atomic mass is 10.1. The smallest absolute Gasteiger partial charge is 0.282 e. The molecular weight excluding hydrogens is 372 g/mol. The standard InChI is InChI=1S/C17H14N4O5S/c1-2-27-14-7-6-10(8-18-14)19-13(22)9-20-16(23)11-4-3-5-12(21(25)26)15(11)17(20)24/h3-8H,2,9H2,1H3,(H,19,22). The number of rotatable bonds is 6. The number of aromatic nitrogens is 1. The summed E-state index contributed by atoms with van der Waals surface area (Å²) in [5.41, 5.74) is -0.405. The summed E-state index contributed by atoms with van der Waals surface area (Å²) in [7, 11) is 0. The van der Waals surface area contributed by atoms with Crippen molar-refractivity contribution in [2.45, 2.75) is 11.9 Å². The van der Waals surface area contributed by atoms with Crippen molar-refractivity contribution >= 4 is 40.9 Å². The topological polar surface area (TPSA) is 123 Å². The maximum atomic E-state index is 12.4. The molecule has 0 radical (unpaired) electrons. The molecule has 1 N–H and O–H groups in total. The van der Waals surface area contributed by atoms with Crippen LogP contribution in [0.1, 0.15) is 27.6 Å². The van der Waals surface area contributed by atoms with E-state index < -0.39 is 34.9 Å². The highest BCUT2D eigenvalue weighted by Crippen LogP contribution is 2.30. The Hall–Kier alpha value is -3.27. The average molecular weight is 386 g/mol. The number of nitrogens with one attached hydrogen (secondary N) is 1. The molecule has 9 nitrogen and oxygen atoms in total. The lowest BCUT2D eigenvalue weighted by Crippen LogP contribution is -2.37. The van der Waals surface area contributed by atoms with Gasteiger partial charge in [-0.25, -0.2) is 4.98 Å². The Morgan fingerprint density at radius 2 is 2.04 bits per heavy atom. The Balaban J connectivity index is 1.73. The number of thioether (sulfide) groups is 1. The first-order valence-corrected chi connectivity index (χ1v) is 8.93. The van der Waals surface area contributed by atoms with Gasteiger partial charge in [0.2, 0.25) is 5.91 Å². The minimum absolute atomic E-state index is 0.0791. The number of anilines is 1. The van der Waals surface area contributed by atoms with Crippen LogP contribution < -0.4 is 5.32 Å². The first-order chi connectivity index (χ1) is 12.9. The number of fused-ring (bicyclic) bond motifs is 1. The van der Waals surface area contributed by atoms with Gasteiger partial charge in [0.15, 0.2) is 0 Å². The third-order valence-corrected chi connectivity index (χ3v) is 4.61. The largest absolute Gasteiger partial charge is 0.323 e. The van der Waals surface area contributed by atoms with E-state index in [4.69, 9.17) is 0 Å². The number of nitro groups is 1. The van der Waals surface area contributed by atoms with Crippen molar-refractivity contribution in [1.82, 2.24) is 9.88 Å². The van der Waals surface area contributed by atoms with Gasteiger partial charge >= 0.3 is 0 Å². The van der Waals surface area contributed by atoms with E-state index in [9.17, 15) is 24.5 Å². The van der Waals surface area contributed by atoms with E-state index in [2.05, 4.69) is 10.3 Å². The van der Waals surface area contributed by atoms with Gasteiger partial charge in [0, 0.05) is 6.07 Å². The van der Waals surface area contributed by atoms with Gasteiger partial charge in [-0.1, -0.05) is 13.0 Å². The monoisotopic (exact) mass is 386 g/mol. The zero-order chi connectivity index (χ0) is 19.6. The highest BCUT2D eigenvalue weighted by molar-refractivity contribution is 7.99. The van der Waals surface area contributed by atoms with Crippen LogP contribution in [0.3, 0.4) is 0 Å². The van der Waals surface area contributed by atoms with Crippen molar-refractivity contribution in [3.63, 3.8) is 0 Å². The zero-order valence-electron chi connectivity index (χ0n) is 14.2.